The maximum atomic E-state index is 6.41. The van der Waals surface area contributed by atoms with Crippen molar-refractivity contribution in [2.75, 3.05) is 26.0 Å². The summed E-state index contributed by atoms with van der Waals surface area (Å²) >= 11 is 0. The van der Waals surface area contributed by atoms with Crippen molar-refractivity contribution in [1.82, 2.24) is 14.5 Å². The van der Waals surface area contributed by atoms with Crippen molar-refractivity contribution in [1.29, 1.82) is 0 Å². The molecule has 0 aliphatic heterocycles. The minimum absolute atomic E-state index is 0. The zero-order valence-electron chi connectivity index (χ0n) is 24.6. The number of quaternary nitrogens is 1. The van der Waals surface area contributed by atoms with E-state index in [-0.39, 0.29) is 20.4 Å². The van der Waals surface area contributed by atoms with Crippen molar-refractivity contribution in [2.45, 2.75) is 0 Å². The Kier molecular flexibility index (Phi) is 9.52. The van der Waals surface area contributed by atoms with Crippen LogP contribution in [-0.2, 0) is 20.4 Å². The van der Waals surface area contributed by atoms with E-state index in [1.54, 1.807) is 6.20 Å². The molecule has 0 saturated carbocycles. The summed E-state index contributed by atoms with van der Waals surface area (Å²) in [6.45, 7) is 0. The van der Waals surface area contributed by atoms with E-state index in [9.17, 15) is 0 Å². The summed E-state index contributed by atoms with van der Waals surface area (Å²) in [4.78, 5) is 11.1. The average molecular weight is 670 g/mol. The van der Waals surface area contributed by atoms with Crippen molar-refractivity contribution in [2.24, 2.45) is 0 Å². The van der Waals surface area contributed by atoms with Crippen LogP contribution in [0.15, 0.2) is 134 Å². The van der Waals surface area contributed by atoms with Crippen LogP contribution < -0.4 is 18.9 Å². The molecular weight excluding hydrogens is 639 g/mol. The molecule has 44 heavy (non-hydrogen) atoms. The number of rotatable bonds is 9. The second-order valence-corrected chi connectivity index (χ2v) is 10.8. The first-order valence-corrected chi connectivity index (χ1v) is 14.0. The zero-order chi connectivity index (χ0) is 29.6. The van der Waals surface area contributed by atoms with Gasteiger partial charge in [-0.15, -0.1) is 35.9 Å². The molecule has 0 fully saturated rings. The topological polar surface area (TPSA) is 47.5 Å². The average Bonchev–Trinajstić information content (AvgIpc) is 3.02. The second-order valence-electron chi connectivity index (χ2n) is 10.8. The van der Waals surface area contributed by atoms with Gasteiger partial charge in [0.2, 0.25) is 5.88 Å². The maximum Gasteiger partial charge on any atom is 2.00 e. The third-order valence-corrected chi connectivity index (χ3v) is 6.73. The van der Waals surface area contributed by atoms with Crippen LogP contribution in [0.4, 0.5) is 22.7 Å². The number of nitrogens with zero attached hydrogens (tertiary/aromatic N) is 4. The van der Waals surface area contributed by atoms with E-state index < -0.39 is 0 Å². The summed E-state index contributed by atoms with van der Waals surface area (Å²) < 4.78 is 13.3. The van der Waals surface area contributed by atoms with Crippen LogP contribution in [0.1, 0.15) is 0 Å². The normalized spacial score (nSPS) is 10.9. The standard InChI is InChI=1S/C37H31N4O2.Pd/c1-41(2,3)32-20-22-38-36(26-32)28-13-12-18-33(23-28)42-34-24-31(25-35(27-34)43-37-19-10-11-21-39-37)40(29-14-6-4-7-15-29)30-16-8-5-9-17-30;/h4-22,24-26H,1-3H3;/q-1;+2. The van der Waals surface area contributed by atoms with E-state index in [2.05, 4.69) is 78.5 Å². The number of pyridine rings is 2. The van der Waals surface area contributed by atoms with Gasteiger partial charge in [0, 0.05) is 53.1 Å². The van der Waals surface area contributed by atoms with Gasteiger partial charge in [0.05, 0.1) is 21.1 Å². The van der Waals surface area contributed by atoms with Crippen LogP contribution in [0.2, 0.25) is 0 Å². The molecule has 0 amide bonds. The Morgan fingerprint density at radius 2 is 1.23 bits per heavy atom. The van der Waals surface area contributed by atoms with Gasteiger partial charge in [-0.2, -0.15) is 0 Å². The summed E-state index contributed by atoms with van der Waals surface area (Å²) in [6, 6.07) is 46.3. The SMILES string of the molecule is C[N+](C)(C)c1ccnc(-c2[c-]c(Oc3[c-]c(Oc4ccccn4)cc(N(c4ccccc4)c4ccccc4)c3)ccc2)c1.[Pd+2]. The van der Waals surface area contributed by atoms with Gasteiger partial charge in [0.1, 0.15) is 5.69 Å². The van der Waals surface area contributed by atoms with E-state index in [1.807, 2.05) is 97.2 Å². The van der Waals surface area contributed by atoms with Gasteiger partial charge in [-0.05, 0) is 42.1 Å². The number of hydrogen-bond donors (Lipinski definition) is 0. The number of para-hydroxylation sites is 2. The predicted octanol–water partition coefficient (Wildman–Crippen LogP) is 8.99. The van der Waals surface area contributed by atoms with Crippen molar-refractivity contribution in [3.63, 3.8) is 0 Å². The minimum Gasteiger partial charge on any atom is -0.503 e. The molecule has 0 N–H and O–H groups in total. The van der Waals surface area contributed by atoms with Crippen molar-refractivity contribution < 1.29 is 29.9 Å². The van der Waals surface area contributed by atoms with Gasteiger partial charge in [-0.25, -0.2) is 4.98 Å². The minimum atomic E-state index is 0. The smallest absolute Gasteiger partial charge is 0.503 e. The number of hydrogen-bond acceptors (Lipinski definition) is 5. The number of benzene rings is 4. The Morgan fingerprint density at radius 3 is 1.86 bits per heavy atom. The van der Waals surface area contributed by atoms with Gasteiger partial charge in [0.15, 0.2) is 0 Å². The van der Waals surface area contributed by atoms with Crippen molar-refractivity contribution in [3.8, 4) is 34.4 Å². The first-order chi connectivity index (χ1) is 20.9. The molecule has 6 rings (SSSR count). The van der Waals surface area contributed by atoms with E-state index in [0.717, 1.165) is 34.0 Å². The van der Waals surface area contributed by atoms with Crippen LogP contribution in [-0.4, -0.2) is 31.1 Å². The second kappa shape index (κ2) is 13.7. The molecule has 0 aliphatic rings. The van der Waals surface area contributed by atoms with E-state index in [0.29, 0.717) is 27.6 Å². The molecule has 0 bridgehead atoms. The van der Waals surface area contributed by atoms with Gasteiger partial charge < -0.3 is 19.4 Å². The predicted molar refractivity (Wildman–Crippen MR) is 172 cm³/mol. The Bertz CT molecular complexity index is 1770. The number of anilines is 3. The molecule has 2 heterocycles. The monoisotopic (exact) mass is 669 g/mol. The zero-order valence-corrected chi connectivity index (χ0v) is 26.2. The molecule has 0 spiro atoms. The molecule has 220 valence electrons. The van der Waals surface area contributed by atoms with Crippen LogP contribution in [0.25, 0.3) is 11.3 Å². The molecule has 0 saturated heterocycles. The molecular formula is C37H31N4O2Pd+. The Balaban J connectivity index is 0.00000384. The molecule has 6 aromatic rings. The Hall–Kier alpha value is -4.80. The first-order valence-electron chi connectivity index (χ1n) is 14.0. The Labute approximate surface area is 272 Å². The maximum absolute atomic E-state index is 6.41. The quantitative estimate of drug-likeness (QED) is 0.0874. The Morgan fingerprint density at radius 1 is 0.568 bits per heavy atom. The van der Waals surface area contributed by atoms with Crippen LogP contribution in [0.3, 0.4) is 0 Å². The van der Waals surface area contributed by atoms with Gasteiger partial charge >= 0.3 is 20.4 Å². The van der Waals surface area contributed by atoms with E-state index in [4.69, 9.17) is 9.47 Å². The fourth-order valence-electron chi connectivity index (χ4n) is 4.62. The third-order valence-electron chi connectivity index (χ3n) is 6.73. The summed E-state index contributed by atoms with van der Waals surface area (Å²) in [6.07, 6.45) is 3.52. The molecule has 0 radical (unpaired) electrons. The number of ether oxygens (including phenoxy) is 2. The van der Waals surface area contributed by atoms with Gasteiger partial charge in [-0.1, -0.05) is 60.3 Å². The van der Waals surface area contributed by atoms with E-state index >= 15 is 0 Å². The summed E-state index contributed by atoms with van der Waals surface area (Å²) in [5, 5.41) is 0. The summed E-state index contributed by atoms with van der Waals surface area (Å²) in [5.74, 6) is 1.95. The molecule has 0 atom stereocenters. The fraction of sp³-hybridized carbons (Fsp3) is 0.0811. The molecule has 4 aromatic carbocycles. The molecule has 7 heteroatoms. The van der Waals surface area contributed by atoms with Crippen molar-refractivity contribution >= 4 is 22.7 Å². The van der Waals surface area contributed by atoms with Crippen LogP contribution in [0.5, 0.6) is 23.1 Å². The summed E-state index contributed by atoms with van der Waals surface area (Å²) in [7, 11) is 6.39. The first kappa shape index (κ1) is 30.7. The van der Waals surface area contributed by atoms with Gasteiger partial charge in [-0.3, -0.25) is 4.48 Å². The van der Waals surface area contributed by atoms with Crippen molar-refractivity contribution in [3.05, 3.63) is 146 Å². The summed E-state index contributed by atoms with van der Waals surface area (Å²) in [5.41, 5.74) is 5.63. The third kappa shape index (κ3) is 7.39. The molecule has 2 aromatic heterocycles. The number of aromatic nitrogens is 2. The fourth-order valence-corrected chi connectivity index (χ4v) is 4.62. The molecule has 0 unspecified atom stereocenters. The largest absolute Gasteiger partial charge is 2.00 e. The van der Waals surface area contributed by atoms with Crippen LogP contribution in [0, 0.1) is 12.1 Å². The van der Waals surface area contributed by atoms with Gasteiger partial charge in [0.25, 0.3) is 0 Å². The van der Waals surface area contributed by atoms with Crippen LogP contribution >= 0.6 is 0 Å². The van der Waals surface area contributed by atoms with E-state index in [1.165, 1.54) is 0 Å². The molecule has 6 nitrogen and oxygen atoms in total. The molecule has 0 aliphatic carbocycles.